The van der Waals surface area contributed by atoms with Crippen LogP contribution in [0.3, 0.4) is 0 Å². The number of aromatic nitrogens is 3. The highest BCUT2D eigenvalue weighted by Gasteiger charge is 2.17. The summed E-state index contributed by atoms with van der Waals surface area (Å²) in [4.78, 5) is 17.9. The molecule has 0 unspecified atom stereocenters. The molecule has 0 aliphatic heterocycles. The molecule has 0 saturated heterocycles. The van der Waals surface area contributed by atoms with Gasteiger partial charge in [0.05, 0.1) is 22.8 Å². The van der Waals surface area contributed by atoms with Crippen LogP contribution in [0.1, 0.15) is 22.0 Å². The fourth-order valence-corrected chi connectivity index (χ4v) is 1.87. The number of rotatable bonds is 3. The average molecular weight is 280 g/mol. The summed E-state index contributed by atoms with van der Waals surface area (Å²) in [5.74, 6) is 1.03. The van der Waals surface area contributed by atoms with Crippen molar-refractivity contribution in [3.8, 4) is 0 Å². The van der Waals surface area contributed by atoms with Crippen molar-refractivity contribution in [3.63, 3.8) is 0 Å². The predicted octanol–water partition coefficient (Wildman–Crippen LogP) is 1.62. The van der Waals surface area contributed by atoms with Crippen LogP contribution in [0.25, 0.3) is 0 Å². The van der Waals surface area contributed by atoms with Crippen LogP contribution in [-0.4, -0.2) is 33.0 Å². The van der Waals surface area contributed by atoms with Gasteiger partial charge in [0.15, 0.2) is 5.82 Å². The van der Waals surface area contributed by atoms with Crippen LogP contribution in [0.5, 0.6) is 0 Å². The monoisotopic (exact) mass is 279 g/mol. The number of H-pyrrole nitrogens is 1. The zero-order chi connectivity index (χ0) is 14.0. The normalized spacial score (nSPS) is 10.5. The number of aromatic amines is 1. The topological polar surface area (TPSA) is 87.9 Å². The molecule has 1 aromatic carbocycles. The lowest BCUT2D eigenvalue weighted by atomic mass is 10.2. The number of nitrogens with zero attached hydrogens (tertiary/aromatic N) is 3. The number of nitrogen functional groups attached to an aromatic ring is 1. The molecule has 100 valence electrons. The number of carbonyl (C=O) groups excluding carboxylic acids is 1. The number of hydrogen-bond acceptors (Lipinski definition) is 4. The van der Waals surface area contributed by atoms with E-state index in [0.29, 0.717) is 29.4 Å². The van der Waals surface area contributed by atoms with Crippen LogP contribution in [0.4, 0.5) is 5.69 Å². The summed E-state index contributed by atoms with van der Waals surface area (Å²) in [5, 5.41) is 6.98. The first-order valence-corrected chi connectivity index (χ1v) is 6.04. The number of nitrogens with one attached hydrogen (secondary N) is 1. The second-order valence-electron chi connectivity index (χ2n) is 4.21. The maximum Gasteiger partial charge on any atom is 0.255 e. The van der Waals surface area contributed by atoms with Crippen LogP contribution in [0, 0.1) is 6.92 Å². The van der Waals surface area contributed by atoms with Crippen molar-refractivity contribution >= 4 is 23.2 Å². The molecule has 3 N–H and O–H groups in total. The van der Waals surface area contributed by atoms with Gasteiger partial charge in [-0.3, -0.25) is 9.89 Å². The number of carbonyl (C=O) groups is 1. The molecule has 19 heavy (non-hydrogen) atoms. The molecule has 0 aliphatic rings. The lowest BCUT2D eigenvalue weighted by Crippen LogP contribution is -2.27. The smallest absolute Gasteiger partial charge is 0.255 e. The van der Waals surface area contributed by atoms with Gasteiger partial charge in [0.1, 0.15) is 5.82 Å². The molecule has 6 nitrogen and oxygen atoms in total. The van der Waals surface area contributed by atoms with Gasteiger partial charge >= 0.3 is 0 Å². The number of hydrogen-bond donors (Lipinski definition) is 2. The summed E-state index contributed by atoms with van der Waals surface area (Å²) in [6.45, 7) is 2.10. The Morgan fingerprint density at radius 3 is 2.89 bits per heavy atom. The van der Waals surface area contributed by atoms with Crippen LogP contribution < -0.4 is 5.73 Å². The zero-order valence-corrected chi connectivity index (χ0v) is 11.4. The van der Waals surface area contributed by atoms with Crippen molar-refractivity contribution in [1.29, 1.82) is 0 Å². The second-order valence-corrected chi connectivity index (χ2v) is 4.59. The van der Waals surface area contributed by atoms with E-state index in [2.05, 4.69) is 15.2 Å². The van der Waals surface area contributed by atoms with Crippen molar-refractivity contribution in [2.24, 2.45) is 0 Å². The highest BCUT2D eigenvalue weighted by molar-refractivity contribution is 6.36. The van der Waals surface area contributed by atoms with E-state index in [1.54, 1.807) is 32.2 Å². The third-order valence-corrected chi connectivity index (χ3v) is 3.05. The molecule has 1 heterocycles. The van der Waals surface area contributed by atoms with E-state index in [-0.39, 0.29) is 10.9 Å². The number of nitrogens with two attached hydrogens (primary N) is 1. The summed E-state index contributed by atoms with van der Waals surface area (Å²) < 4.78 is 0. The fraction of sp³-hybridized carbons (Fsp3) is 0.250. The Morgan fingerprint density at radius 1 is 1.53 bits per heavy atom. The van der Waals surface area contributed by atoms with E-state index in [1.165, 1.54) is 4.90 Å². The molecule has 0 atom stereocenters. The van der Waals surface area contributed by atoms with Crippen LogP contribution >= 0.6 is 11.6 Å². The number of amides is 1. The second kappa shape index (κ2) is 5.27. The molecular weight excluding hydrogens is 266 g/mol. The predicted molar refractivity (Wildman–Crippen MR) is 72.8 cm³/mol. The largest absolute Gasteiger partial charge is 0.398 e. The van der Waals surface area contributed by atoms with E-state index >= 15 is 0 Å². The number of aryl methyl sites for hydroxylation is 1. The molecule has 0 saturated carbocycles. The molecule has 0 fully saturated rings. The lowest BCUT2D eigenvalue weighted by molar-refractivity contribution is 0.0782. The van der Waals surface area contributed by atoms with Gasteiger partial charge in [-0.05, 0) is 19.1 Å². The van der Waals surface area contributed by atoms with Crippen LogP contribution in [0.15, 0.2) is 18.2 Å². The highest BCUT2D eigenvalue weighted by Crippen LogP contribution is 2.24. The standard InChI is InChI=1S/C12H14ClN5O/c1-7-15-10(17-16-7)6-18(2)12(19)8-4-3-5-9(14)11(8)13/h3-5H,6,14H2,1-2H3,(H,15,16,17). The van der Waals surface area contributed by atoms with Gasteiger partial charge < -0.3 is 10.6 Å². The van der Waals surface area contributed by atoms with Crippen molar-refractivity contribution in [2.45, 2.75) is 13.5 Å². The summed E-state index contributed by atoms with van der Waals surface area (Å²) in [7, 11) is 1.66. The van der Waals surface area contributed by atoms with Crippen molar-refractivity contribution < 1.29 is 4.79 Å². The van der Waals surface area contributed by atoms with Gasteiger partial charge in [0.2, 0.25) is 0 Å². The average Bonchev–Trinajstić information content (AvgIpc) is 2.77. The van der Waals surface area contributed by atoms with Gasteiger partial charge in [-0.15, -0.1) is 0 Å². The minimum Gasteiger partial charge on any atom is -0.398 e. The number of halogens is 1. The molecule has 0 spiro atoms. The summed E-state index contributed by atoms with van der Waals surface area (Å²) in [6.07, 6.45) is 0. The SMILES string of the molecule is Cc1nc(CN(C)C(=O)c2cccc(N)c2Cl)n[nH]1. The first kappa shape index (κ1) is 13.4. The molecule has 7 heteroatoms. The quantitative estimate of drug-likeness (QED) is 0.836. The first-order chi connectivity index (χ1) is 8.99. The lowest BCUT2D eigenvalue weighted by Gasteiger charge is -2.16. The maximum atomic E-state index is 12.2. The van der Waals surface area contributed by atoms with Crippen molar-refractivity contribution in [2.75, 3.05) is 12.8 Å². The molecule has 0 bridgehead atoms. The van der Waals surface area contributed by atoms with Crippen molar-refractivity contribution in [3.05, 3.63) is 40.4 Å². The molecule has 2 rings (SSSR count). The number of anilines is 1. The highest BCUT2D eigenvalue weighted by atomic mass is 35.5. The molecule has 0 aliphatic carbocycles. The molecular formula is C12H14ClN5O. The Morgan fingerprint density at radius 2 is 2.26 bits per heavy atom. The zero-order valence-electron chi connectivity index (χ0n) is 10.6. The molecule has 0 radical (unpaired) electrons. The fourth-order valence-electron chi connectivity index (χ4n) is 1.66. The Hall–Kier alpha value is -2.08. The van der Waals surface area contributed by atoms with Crippen molar-refractivity contribution in [1.82, 2.24) is 20.1 Å². The van der Waals surface area contributed by atoms with E-state index in [1.807, 2.05) is 0 Å². The summed E-state index contributed by atoms with van der Waals surface area (Å²) in [6, 6.07) is 4.98. The summed E-state index contributed by atoms with van der Waals surface area (Å²) in [5.41, 5.74) is 6.44. The van der Waals surface area contributed by atoms with Crippen LogP contribution in [-0.2, 0) is 6.54 Å². The van der Waals surface area contributed by atoms with Gasteiger partial charge in [-0.1, -0.05) is 17.7 Å². The Kier molecular flexibility index (Phi) is 3.71. The molecule has 2 aromatic rings. The van der Waals surface area contributed by atoms with Gasteiger partial charge in [0.25, 0.3) is 5.91 Å². The number of benzene rings is 1. The van der Waals surface area contributed by atoms with Crippen LogP contribution in [0.2, 0.25) is 5.02 Å². The first-order valence-electron chi connectivity index (χ1n) is 5.66. The summed E-state index contributed by atoms with van der Waals surface area (Å²) >= 11 is 6.03. The maximum absolute atomic E-state index is 12.2. The molecule has 1 aromatic heterocycles. The van der Waals surface area contributed by atoms with Gasteiger partial charge in [-0.2, -0.15) is 5.10 Å². The third kappa shape index (κ3) is 2.85. The Balaban J connectivity index is 2.17. The Bertz CT molecular complexity index is 610. The van der Waals surface area contributed by atoms with E-state index < -0.39 is 0 Å². The van der Waals surface area contributed by atoms with E-state index in [9.17, 15) is 4.79 Å². The Labute approximate surface area is 115 Å². The van der Waals surface area contributed by atoms with E-state index in [4.69, 9.17) is 17.3 Å². The minimum atomic E-state index is -0.222. The third-order valence-electron chi connectivity index (χ3n) is 2.63. The minimum absolute atomic E-state index is 0.222. The molecule has 1 amide bonds. The van der Waals surface area contributed by atoms with Gasteiger partial charge in [-0.25, -0.2) is 4.98 Å². The van der Waals surface area contributed by atoms with Gasteiger partial charge in [0, 0.05) is 7.05 Å². The van der Waals surface area contributed by atoms with E-state index in [0.717, 1.165) is 0 Å².